The first-order valence-corrected chi connectivity index (χ1v) is 11.3. The molecule has 3 heterocycles. The van der Waals surface area contributed by atoms with Crippen molar-refractivity contribution in [3.8, 4) is 0 Å². The third-order valence-corrected chi connectivity index (χ3v) is 5.36. The fourth-order valence-electron chi connectivity index (χ4n) is 2.62. The molecule has 1 amide bonds. The quantitative estimate of drug-likeness (QED) is 0.500. The largest absolute Gasteiger partial charge is 0.354 e. The van der Waals surface area contributed by atoms with Gasteiger partial charge in [-0.25, -0.2) is 13.4 Å². The van der Waals surface area contributed by atoms with E-state index in [-0.39, 0.29) is 33.3 Å². The number of carbonyl (C=O) groups is 1. The van der Waals surface area contributed by atoms with Gasteiger partial charge in [0, 0.05) is 35.0 Å². The van der Waals surface area contributed by atoms with Crippen LogP contribution >= 0.6 is 0 Å². The molecule has 0 aromatic carbocycles. The number of hydrogen-bond acceptors (Lipinski definition) is 10. The fraction of sp³-hybridized carbons (Fsp3) is 0.300. The van der Waals surface area contributed by atoms with Crippen LogP contribution in [-0.2, 0) is 15.3 Å². The summed E-state index contributed by atoms with van der Waals surface area (Å²) in [7, 11) is -3.68. The zero-order chi connectivity index (χ0) is 26.0. The highest BCUT2D eigenvalue weighted by Gasteiger charge is 2.20. The van der Waals surface area contributed by atoms with Crippen LogP contribution in [0.25, 0.3) is 0 Å². The number of aromatic nitrogens is 5. The minimum absolute atomic E-state index is 0.0351. The average Bonchev–Trinajstić information content (AvgIpc) is 2.72. The number of amides is 1. The first-order chi connectivity index (χ1) is 16.1. The maximum atomic E-state index is 12.6. The molecule has 0 radical (unpaired) electrons. The van der Waals surface area contributed by atoms with Gasteiger partial charge in [-0.3, -0.25) is 4.79 Å². The number of rotatable bonds is 6. The molecule has 168 valence electrons. The second-order valence-corrected chi connectivity index (χ2v) is 9.86. The summed E-state index contributed by atoms with van der Waals surface area (Å²) in [5.41, 5.74) is 0.162. The van der Waals surface area contributed by atoms with Gasteiger partial charge in [0.15, 0.2) is 27.2 Å². The lowest BCUT2D eigenvalue weighted by Crippen LogP contribution is -2.22. The molecule has 0 bridgehead atoms. The molecule has 0 saturated heterocycles. The summed E-state index contributed by atoms with van der Waals surface area (Å²) >= 11 is 0. The third-order valence-electron chi connectivity index (χ3n) is 4.23. The Kier molecular flexibility index (Phi) is 5.25. The number of anilines is 4. The van der Waals surface area contributed by atoms with E-state index in [4.69, 9.17) is 4.11 Å². The summed E-state index contributed by atoms with van der Waals surface area (Å²) in [6, 6.07) is 7.63. The predicted octanol–water partition coefficient (Wildman–Crippen LogP) is 2.21. The van der Waals surface area contributed by atoms with Crippen LogP contribution < -0.4 is 16.0 Å². The van der Waals surface area contributed by atoms with E-state index in [1.165, 1.54) is 24.4 Å². The monoisotopic (exact) mass is 459 g/mol. The summed E-state index contributed by atoms with van der Waals surface area (Å²) in [5, 5.41) is 23.5. The van der Waals surface area contributed by atoms with Crippen molar-refractivity contribution >= 4 is 38.9 Å². The molecule has 12 heteroatoms. The van der Waals surface area contributed by atoms with Crippen LogP contribution in [0.3, 0.4) is 0 Å². The summed E-state index contributed by atoms with van der Waals surface area (Å²) in [6.45, 7) is 3.22. The molecule has 0 fully saturated rings. The van der Waals surface area contributed by atoms with Crippen LogP contribution in [0.4, 0.5) is 23.1 Å². The number of carbonyl (C=O) groups excluding carboxylic acids is 1. The van der Waals surface area contributed by atoms with Crippen LogP contribution in [-0.4, -0.2) is 52.9 Å². The number of sulfone groups is 1. The Morgan fingerprint density at radius 3 is 2.41 bits per heavy atom. The molecule has 0 aliphatic rings. The van der Waals surface area contributed by atoms with E-state index in [2.05, 4.69) is 36.0 Å². The molecule has 0 aliphatic carbocycles. The molecular weight excluding hydrogens is 432 g/mol. The van der Waals surface area contributed by atoms with Crippen molar-refractivity contribution in [2.24, 2.45) is 0 Å². The van der Waals surface area contributed by atoms with Crippen molar-refractivity contribution in [1.82, 2.24) is 30.7 Å². The number of nitrogens with one attached hydrogen (secondary N) is 3. The van der Waals surface area contributed by atoms with Crippen LogP contribution in [0.1, 0.15) is 41.1 Å². The van der Waals surface area contributed by atoms with Gasteiger partial charge in [0.1, 0.15) is 10.7 Å². The standard InChI is InChI=1S/C20H24N8O3S/c1-20(2,3)14-8-9-15(26-25-14)24-16-11-12(17(28-27-16)19(29)21-4)23-18-13(32(5,30)31)7-6-10-22-18/h6-11H,1-5H3,(H,21,29)(H2,22,23,24,26,27)/i4D3. The zero-order valence-electron chi connectivity index (χ0n) is 20.8. The Hall–Kier alpha value is -3.67. The van der Waals surface area contributed by atoms with Crippen molar-refractivity contribution < 1.29 is 17.3 Å². The van der Waals surface area contributed by atoms with Gasteiger partial charge in [-0.15, -0.1) is 15.3 Å². The Balaban J connectivity index is 2.01. The van der Waals surface area contributed by atoms with Gasteiger partial charge >= 0.3 is 0 Å². The highest BCUT2D eigenvalue weighted by Crippen LogP contribution is 2.26. The van der Waals surface area contributed by atoms with Gasteiger partial charge < -0.3 is 16.0 Å². The number of pyridine rings is 1. The summed E-state index contributed by atoms with van der Waals surface area (Å²) < 4.78 is 46.2. The van der Waals surface area contributed by atoms with Crippen LogP contribution in [0.2, 0.25) is 0 Å². The van der Waals surface area contributed by atoms with Gasteiger partial charge in [0.25, 0.3) is 5.91 Å². The Morgan fingerprint density at radius 1 is 1.03 bits per heavy atom. The van der Waals surface area contributed by atoms with Gasteiger partial charge in [-0.05, 0) is 24.3 Å². The lowest BCUT2D eigenvalue weighted by Gasteiger charge is -2.17. The normalized spacial score (nSPS) is 13.4. The van der Waals surface area contributed by atoms with E-state index in [9.17, 15) is 13.2 Å². The Bertz CT molecular complexity index is 1340. The molecular formula is C20H24N8O3S. The highest BCUT2D eigenvalue weighted by atomic mass is 32.2. The van der Waals surface area contributed by atoms with E-state index in [0.717, 1.165) is 11.9 Å². The van der Waals surface area contributed by atoms with Crippen molar-refractivity contribution in [3.05, 3.63) is 47.9 Å². The van der Waals surface area contributed by atoms with E-state index < -0.39 is 22.7 Å². The number of nitrogens with zero attached hydrogens (tertiary/aromatic N) is 5. The Labute approximate surface area is 190 Å². The minimum Gasteiger partial charge on any atom is -0.354 e. The van der Waals surface area contributed by atoms with Crippen molar-refractivity contribution in [2.75, 3.05) is 23.9 Å². The molecule has 3 aromatic rings. The third kappa shape index (κ3) is 5.32. The van der Waals surface area contributed by atoms with Gasteiger partial charge in [-0.2, -0.15) is 5.10 Å². The van der Waals surface area contributed by atoms with Crippen LogP contribution in [0, 0.1) is 0 Å². The lowest BCUT2D eigenvalue weighted by atomic mass is 9.92. The van der Waals surface area contributed by atoms with Gasteiger partial charge in [0.05, 0.1) is 11.4 Å². The fourth-order valence-corrected chi connectivity index (χ4v) is 3.40. The van der Waals surface area contributed by atoms with Crippen molar-refractivity contribution in [1.29, 1.82) is 0 Å². The van der Waals surface area contributed by atoms with E-state index in [1.54, 1.807) is 12.1 Å². The average molecular weight is 460 g/mol. The molecule has 11 nitrogen and oxygen atoms in total. The molecule has 32 heavy (non-hydrogen) atoms. The van der Waals surface area contributed by atoms with Gasteiger partial charge in [-0.1, -0.05) is 20.8 Å². The molecule has 3 aromatic heterocycles. The molecule has 0 atom stereocenters. The maximum Gasteiger partial charge on any atom is 0.273 e. The number of hydrogen-bond donors (Lipinski definition) is 3. The van der Waals surface area contributed by atoms with E-state index in [0.29, 0.717) is 5.82 Å². The minimum atomic E-state index is -3.68. The van der Waals surface area contributed by atoms with E-state index in [1.807, 2.05) is 26.1 Å². The first kappa shape index (κ1) is 19.0. The second kappa shape index (κ2) is 8.83. The van der Waals surface area contributed by atoms with Crippen molar-refractivity contribution in [3.63, 3.8) is 0 Å². The first-order valence-electron chi connectivity index (χ1n) is 10.9. The molecule has 3 N–H and O–H groups in total. The predicted molar refractivity (Wildman–Crippen MR) is 120 cm³/mol. The van der Waals surface area contributed by atoms with Crippen molar-refractivity contribution in [2.45, 2.75) is 31.1 Å². The van der Waals surface area contributed by atoms with Gasteiger partial charge in [0.2, 0.25) is 0 Å². The van der Waals surface area contributed by atoms with Crippen LogP contribution in [0.5, 0.6) is 0 Å². The summed E-state index contributed by atoms with van der Waals surface area (Å²) in [5.74, 6) is -0.649. The Morgan fingerprint density at radius 2 is 1.78 bits per heavy atom. The second-order valence-electron chi connectivity index (χ2n) is 7.87. The maximum absolute atomic E-state index is 12.6. The zero-order valence-corrected chi connectivity index (χ0v) is 18.6. The molecule has 0 saturated carbocycles. The molecule has 0 spiro atoms. The molecule has 0 aliphatic heterocycles. The SMILES string of the molecule is [2H]C([2H])([2H])NC(=O)c1nnc(Nc2ccc(C(C)(C)C)nn2)cc1Nc1ncccc1S(C)(=O)=O. The molecule has 3 rings (SSSR count). The smallest absolute Gasteiger partial charge is 0.273 e. The van der Waals surface area contributed by atoms with E-state index >= 15 is 0 Å². The lowest BCUT2D eigenvalue weighted by molar-refractivity contribution is 0.0958. The summed E-state index contributed by atoms with van der Waals surface area (Å²) in [4.78, 5) is 16.5. The topological polar surface area (TPSA) is 152 Å². The highest BCUT2D eigenvalue weighted by molar-refractivity contribution is 7.90. The summed E-state index contributed by atoms with van der Waals surface area (Å²) in [6.07, 6.45) is 2.37. The van der Waals surface area contributed by atoms with Crippen LogP contribution in [0.15, 0.2) is 41.4 Å². The molecule has 0 unspecified atom stereocenters.